The number of benzene rings is 1. The number of anilines is 1. The fraction of sp³-hybridized carbons (Fsp3) is 0.444. The van der Waals surface area contributed by atoms with Gasteiger partial charge in [-0.2, -0.15) is 0 Å². The highest BCUT2D eigenvalue weighted by Gasteiger charge is 2.30. The summed E-state index contributed by atoms with van der Waals surface area (Å²) in [4.78, 5) is 18.6. The molecule has 2 aliphatic rings. The minimum absolute atomic E-state index is 0.106. The molecule has 4 rings (SSSR count). The number of carbonyl (C=O) groups excluding carboxylic acids is 1. The molecule has 6 heteroatoms. The third-order valence-corrected chi connectivity index (χ3v) is 4.88. The van der Waals surface area contributed by atoms with E-state index in [0.717, 1.165) is 44.3 Å². The molecule has 5 nitrogen and oxygen atoms in total. The third kappa shape index (κ3) is 3.13. The number of hydrogen-bond donors (Lipinski definition) is 1. The topological polar surface area (TPSA) is 50.2 Å². The van der Waals surface area contributed by atoms with Gasteiger partial charge in [0.15, 0.2) is 0 Å². The summed E-state index contributed by atoms with van der Waals surface area (Å²) in [5.41, 5.74) is 1.40. The molecule has 2 amide bonds. The molecule has 1 N–H and O–H groups in total. The van der Waals surface area contributed by atoms with Crippen LogP contribution in [0.3, 0.4) is 0 Å². The molecule has 1 aliphatic carbocycles. The van der Waals surface area contributed by atoms with E-state index in [0.29, 0.717) is 11.6 Å². The molecule has 2 aromatic rings. The molecule has 2 fully saturated rings. The first-order valence-electron chi connectivity index (χ1n) is 8.53. The largest absolute Gasteiger partial charge is 0.335 e. The van der Waals surface area contributed by atoms with Crippen molar-refractivity contribution in [1.82, 2.24) is 14.5 Å². The number of imidazole rings is 1. The molecule has 2 heterocycles. The van der Waals surface area contributed by atoms with Gasteiger partial charge in [0.1, 0.15) is 5.82 Å². The second-order valence-corrected chi connectivity index (χ2v) is 6.69. The Morgan fingerprint density at radius 2 is 2.21 bits per heavy atom. The van der Waals surface area contributed by atoms with Gasteiger partial charge in [-0.1, -0.05) is 0 Å². The molecule has 24 heavy (non-hydrogen) atoms. The average Bonchev–Trinajstić information content (AvgIpc) is 3.09. The first-order chi connectivity index (χ1) is 11.7. The minimum atomic E-state index is -0.172. The molecule has 0 radical (unpaired) electrons. The van der Waals surface area contributed by atoms with E-state index in [4.69, 9.17) is 0 Å². The predicted octanol–water partition coefficient (Wildman–Crippen LogP) is 3.60. The highest BCUT2D eigenvalue weighted by Crippen LogP contribution is 2.42. The van der Waals surface area contributed by atoms with E-state index >= 15 is 0 Å². The molecular formula is C18H21FN4O. The van der Waals surface area contributed by atoms with Crippen LogP contribution in [0.25, 0.3) is 0 Å². The SMILES string of the molecule is O=C(Nc1ccc(F)c(C2CC2)c1)N1CCC[C@@H]1Cn1ccnc1. The number of nitrogens with one attached hydrogen (secondary N) is 1. The van der Waals surface area contributed by atoms with Crippen LogP contribution in [0, 0.1) is 5.82 Å². The zero-order chi connectivity index (χ0) is 16.5. The van der Waals surface area contributed by atoms with Crippen LogP contribution in [-0.4, -0.2) is 33.1 Å². The number of rotatable bonds is 4. The fourth-order valence-electron chi connectivity index (χ4n) is 3.45. The maximum absolute atomic E-state index is 13.8. The van der Waals surface area contributed by atoms with Gasteiger partial charge >= 0.3 is 6.03 Å². The molecule has 0 spiro atoms. The molecule has 0 bridgehead atoms. The van der Waals surface area contributed by atoms with Gasteiger partial charge in [0, 0.05) is 31.2 Å². The smallest absolute Gasteiger partial charge is 0.322 e. The van der Waals surface area contributed by atoms with E-state index in [1.54, 1.807) is 24.7 Å². The van der Waals surface area contributed by atoms with Gasteiger partial charge < -0.3 is 14.8 Å². The monoisotopic (exact) mass is 328 g/mol. The number of halogens is 1. The first kappa shape index (κ1) is 15.2. The zero-order valence-electron chi connectivity index (χ0n) is 13.5. The molecule has 1 atom stereocenters. The van der Waals surface area contributed by atoms with E-state index in [1.807, 2.05) is 15.7 Å². The molecule has 126 valence electrons. The van der Waals surface area contributed by atoms with Crippen LogP contribution in [0.4, 0.5) is 14.9 Å². The van der Waals surface area contributed by atoms with Crippen LogP contribution >= 0.6 is 0 Å². The number of amides is 2. The van der Waals surface area contributed by atoms with Crippen molar-refractivity contribution >= 4 is 11.7 Å². The Labute approximate surface area is 140 Å². The van der Waals surface area contributed by atoms with Crippen molar-refractivity contribution in [3.05, 3.63) is 48.3 Å². The van der Waals surface area contributed by atoms with Crippen LogP contribution in [-0.2, 0) is 6.54 Å². The number of aromatic nitrogens is 2. The van der Waals surface area contributed by atoms with Crippen LogP contribution in [0.2, 0.25) is 0 Å². The quantitative estimate of drug-likeness (QED) is 0.932. The first-order valence-corrected chi connectivity index (χ1v) is 8.53. The molecule has 1 aromatic carbocycles. The lowest BCUT2D eigenvalue weighted by atomic mass is 10.1. The molecule has 1 aromatic heterocycles. The van der Waals surface area contributed by atoms with Gasteiger partial charge in [0.25, 0.3) is 0 Å². The lowest BCUT2D eigenvalue weighted by Gasteiger charge is -2.25. The van der Waals surface area contributed by atoms with Crippen molar-refractivity contribution in [2.75, 3.05) is 11.9 Å². The molecule has 0 unspecified atom stereocenters. The van der Waals surface area contributed by atoms with Gasteiger partial charge in [-0.05, 0) is 55.4 Å². The second kappa shape index (κ2) is 6.26. The van der Waals surface area contributed by atoms with E-state index in [9.17, 15) is 9.18 Å². The zero-order valence-corrected chi connectivity index (χ0v) is 13.5. The lowest BCUT2D eigenvalue weighted by Crippen LogP contribution is -2.40. The third-order valence-electron chi connectivity index (χ3n) is 4.88. The Bertz CT molecular complexity index is 727. The standard InChI is InChI=1S/C18H21FN4O/c19-17-6-5-14(10-16(17)13-3-4-13)21-18(24)23-8-1-2-15(23)11-22-9-7-20-12-22/h5-7,9-10,12-13,15H,1-4,8,11H2,(H,21,24)/t15-/m1/s1. The van der Waals surface area contributed by atoms with Gasteiger partial charge in [-0.3, -0.25) is 0 Å². The lowest BCUT2D eigenvalue weighted by molar-refractivity contribution is 0.201. The Kier molecular flexibility index (Phi) is 3.96. The van der Waals surface area contributed by atoms with E-state index in [2.05, 4.69) is 10.3 Å². The summed E-state index contributed by atoms with van der Waals surface area (Å²) in [6.45, 7) is 1.51. The van der Waals surface area contributed by atoms with Crippen molar-refractivity contribution in [3.8, 4) is 0 Å². The maximum atomic E-state index is 13.8. The maximum Gasteiger partial charge on any atom is 0.322 e. The van der Waals surface area contributed by atoms with E-state index < -0.39 is 0 Å². The van der Waals surface area contributed by atoms with Crippen molar-refractivity contribution in [2.24, 2.45) is 0 Å². The summed E-state index contributed by atoms with van der Waals surface area (Å²) >= 11 is 0. The molecule has 1 saturated carbocycles. The molecule has 1 aliphatic heterocycles. The van der Waals surface area contributed by atoms with Crippen molar-refractivity contribution in [2.45, 2.75) is 44.2 Å². The molecule has 1 saturated heterocycles. The van der Waals surface area contributed by atoms with Gasteiger partial charge in [0.2, 0.25) is 0 Å². The van der Waals surface area contributed by atoms with Crippen molar-refractivity contribution in [3.63, 3.8) is 0 Å². The number of hydrogen-bond acceptors (Lipinski definition) is 2. The number of urea groups is 1. The summed E-state index contributed by atoms with van der Waals surface area (Å²) in [6.07, 6.45) is 9.50. The van der Waals surface area contributed by atoms with Crippen LogP contribution in [0.15, 0.2) is 36.9 Å². The predicted molar refractivity (Wildman–Crippen MR) is 89.3 cm³/mol. The van der Waals surface area contributed by atoms with E-state index in [-0.39, 0.29) is 17.9 Å². The van der Waals surface area contributed by atoms with E-state index in [1.165, 1.54) is 6.07 Å². The Morgan fingerprint density at radius 1 is 1.33 bits per heavy atom. The summed E-state index contributed by atoms with van der Waals surface area (Å²) < 4.78 is 15.8. The molecular weight excluding hydrogens is 307 g/mol. The fourth-order valence-corrected chi connectivity index (χ4v) is 3.45. The summed E-state index contributed by atoms with van der Waals surface area (Å²) in [7, 11) is 0. The van der Waals surface area contributed by atoms with Crippen molar-refractivity contribution < 1.29 is 9.18 Å². The Balaban J connectivity index is 1.44. The average molecular weight is 328 g/mol. The Hall–Kier alpha value is -2.37. The summed E-state index contributed by atoms with van der Waals surface area (Å²) in [5, 5.41) is 2.94. The highest BCUT2D eigenvalue weighted by molar-refractivity contribution is 5.89. The minimum Gasteiger partial charge on any atom is -0.335 e. The normalized spacial score (nSPS) is 20.4. The van der Waals surface area contributed by atoms with Crippen LogP contribution in [0.1, 0.15) is 37.2 Å². The van der Waals surface area contributed by atoms with Crippen LogP contribution in [0.5, 0.6) is 0 Å². The highest BCUT2D eigenvalue weighted by atomic mass is 19.1. The van der Waals surface area contributed by atoms with Gasteiger partial charge in [-0.25, -0.2) is 14.2 Å². The van der Waals surface area contributed by atoms with Crippen LogP contribution < -0.4 is 5.32 Å². The second-order valence-electron chi connectivity index (χ2n) is 6.69. The van der Waals surface area contributed by atoms with Gasteiger partial charge in [-0.15, -0.1) is 0 Å². The van der Waals surface area contributed by atoms with Gasteiger partial charge in [0.05, 0.1) is 12.4 Å². The number of carbonyl (C=O) groups is 1. The summed E-state index contributed by atoms with van der Waals surface area (Å²) in [6, 6.07) is 4.94. The number of likely N-dealkylation sites (tertiary alicyclic amines) is 1. The van der Waals surface area contributed by atoms with Crippen molar-refractivity contribution in [1.29, 1.82) is 0 Å². The number of nitrogens with zero attached hydrogens (tertiary/aromatic N) is 3. The Morgan fingerprint density at radius 3 is 2.96 bits per heavy atom. The summed E-state index contributed by atoms with van der Waals surface area (Å²) in [5.74, 6) is 0.150.